The van der Waals surface area contributed by atoms with Gasteiger partial charge in [-0.05, 0) is 44.9 Å². The smallest absolute Gasteiger partial charge is 0.266 e. The molecule has 0 aliphatic heterocycles. The zero-order chi connectivity index (χ0) is 20.4. The number of carbonyl (C=O) groups is 1. The zero-order valence-corrected chi connectivity index (χ0v) is 17.3. The van der Waals surface area contributed by atoms with Gasteiger partial charge in [-0.15, -0.1) is 11.3 Å². The number of carbonyl (C=O) groups excluding carboxylic acids is 1. The van der Waals surface area contributed by atoms with Gasteiger partial charge in [0.25, 0.3) is 5.91 Å². The Labute approximate surface area is 174 Å². The molecule has 0 atom stereocenters. The molecule has 6 heteroatoms. The Kier molecular flexibility index (Phi) is 5.62. The van der Waals surface area contributed by atoms with Crippen molar-refractivity contribution in [3.05, 3.63) is 81.1 Å². The standard InChI is InChI=1S/C23H23FN2O2S/c1-15-7-11-19(12-8-15)28-14-21-25-16(2)22(29-21)23(27)26(18-9-10-18)13-17-5-3-4-6-20(17)24/h3-8,11-12,18H,9-10,13-14H2,1-2H3. The SMILES string of the molecule is Cc1ccc(OCc2nc(C)c(C(=O)N(Cc3ccccc3F)C3CC3)s2)cc1. The second kappa shape index (κ2) is 8.33. The third-order valence-electron chi connectivity index (χ3n) is 4.97. The Hall–Kier alpha value is -2.73. The number of hydrogen-bond donors (Lipinski definition) is 0. The number of ether oxygens (including phenoxy) is 1. The highest BCUT2D eigenvalue weighted by Gasteiger charge is 2.35. The van der Waals surface area contributed by atoms with Gasteiger partial charge in [-0.1, -0.05) is 35.9 Å². The molecule has 3 aromatic rings. The van der Waals surface area contributed by atoms with Crippen LogP contribution in [-0.2, 0) is 13.2 Å². The lowest BCUT2D eigenvalue weighted by atomic mass is 10.2. The van der Waals surface area contributed by atoms with Crippen LogP contribution < -0.4 is 4.74 Å². The molecule has 0 saturated heterocycles. The average molecular weight is 411 g/mol. The molecule has 0 unspecified atom stereocenters. The lowest BCUT2D eigenvalue weighted by Crippen LogP contribution is -2.32. The fourth-order valence-electron chi connectivity index (χ4n) is 3.19. The van der Waals surface area contributed by atoms with Gasteiger partial charge in [-0.2, -0.15) is 0 Å². The minimum absolute atomic E-state index is 0.0765. The Balaban J connectivity index is 1.48. The number of halogens is 1. The quantitative estimate of drug-likeness (QED) is 0.532. The Bertz CT molecular complexity index is 1010. The maximum atomic E-state index is 14.1. The molecule has 29 heavy (non-hydrogen) atoms. The molecule has 150 valence electrons. The van der Waals surface area contributed by atoms with Crippen LogP contribution >= 0.6 is 11.3 Å². The van der Waals surface area contributed by atoms with Gasteiger partial charge < -0.3 is 9.64 Å². The molecule has 0 N–H and O–H groups in total. The minimum atomic E-state index is -0.279. The molecule has 1 aliphatic rings. The average Bonchev–Trinajstić information content (AvgIpc) is 3.48. The molecule has 4 rings (SSSR count). The number of rotatable bonds is 7. The summed E-state index contributed by atoms with van der Waals surface area (Å²) in [6.07, 6.45) is 1.92. The molecule has 0 radical (unpaired) electrons. The van der Waals surface area contributed by atoms with Crippen LogP contribution in [0.3, 0.4) is 0 Å². The number of amides is 1. The molecule has 0 bridgehead atoms. The number of thiazole rings is 1. The van der Waals surface area contributed by atoms with Gasteiger partial charge in [-0.3, -0.25) is 4.79 Å². The Morgan fingerprint density at radius 2 is 1.90 bits per heavy atom. The van der Waals surface area contributed by atoms with Gasteiger partial charge >= 0.3 is 0 Å². The van der Waals surface area contributed by atoms with E-state index in [1.807, 2.05) is 38.1 Å². The van der Waals surface area contributed by atoms with E-state index in [4.69, 9.17) is 4.74 Å². The second-order valence-electron chi connectivity index (χ2n) is 7.38. The van der Waals surface area contributed by atoms with Gasteiger partial charge in [0, 0.05) is 18.2 Å². The molecular formula is C23H23FN2O2S. The second-order valence-corrected chi connectivity index (χ2v) is 8.46. The van der Waals surface area contributed by atoms with Crippen molar-refractivity contribution in [1.82, 2.24) is 9.88 Å². The van der Waals surface area contributed by atoms with Crippen molar-refractivity contribution in [3.63, 3.8) is 0 Å². The van der Waals surface area contributed by atoms with Gasteiger partial charge in [0.15, 0.2) is 0 Å². The maximum absolute atomic E-state index is 14.1. The summed E-state index contributed by atoms with van der Waals surface area (Å²) >= 11 is 1.36. The molecule has 1 fully saturated rings. The largest absolute Gasteiger partial charge is 0.486 e. The van der Waals surface area contributed by atoms with E-state index in [1.54, 1.807) is 23.1 Å². The lowest BCUT2D eigenvalue weighted by Gasteiger charge is -2.22. The van der Waals surface area contributed by atoms with E-state index in [-0.39, 0.29) is 24.3 Å². The van der Waals surface area contributed by atoms with Crippen LogP contribution in [0.15, 0.2) is 48.5 Å². The molecular weight excluding hydrogens is 387 g/mol. The van der Waals surface area contributed by atoms with Crippen molar-refractivity contribution < 1.29 is 13.9 Å². The first kappa shape index (κ1) is 19.6. The van der Waals surface area contributed by atoms with E-state index >= 15 is 0 Å². The predicted octanol–water partition coefficient (Wildman–Crippen LogP) is 5.28. The monoisotopic (exact) mass is 410 g/mol. The van der Waals surface area contributed by atoms with Crippen molar-refractivity contribution in [2.24, 2.45) is 0 Å². The van der Waals surface area contributed by atoms with Crippen molar-refractivity contribution in [2.75, 3.05) is 0 Å². The summed E-state index contributed by atoms with van der Waals surface area (Å²) in [5.41, 5.74) is 2.41. The lowest BCUT2D eigenvalue weighted by molar-refractivity contribution is 0.0732. The summed E-state index contributed by atoms with van der Waals surface area (Å²) in [7, 11) is 0. The first-order chi connectivity index (χ1) is 14.0. The third-order valence-corrected chi connectivity index (χ3v) is 6.08. The Morgan fingerprint density at radius 1 is 1.17 bits per heavy atom. The molecule has 1 aliphatic carbocycles. The topological polar surface area (TPSA) is 42.4 Å². The number of aromatic nitrogens is 1. The highest BCUT2D eigenvalue weighted by atomic mass is 32.1. The number of benzene rings is 2. The van der Waals surface area contributed by atoms with E-state index in [0.29, 0.717) is 22.7 Å². The van der Waals surface area contributed by atoms with Gasteiger partial charge in [0.05, 0.1) is 5.69 Å². The predicted molar refractivity (Wildman–Crippen MR) is 112 cm³/mol. The summed E-state index contributed by atoms with van der Waals surface area (Å²) in [5.74, 6) is 0.419. The van der Waals surface area contributed by atoms with Crippen molar-refractivity contribution >= 4 is 17.2 Å². The number of hydrogen-bond acceptors (Lipinski definition) is 4. The van der Waals surface area contributed by atoms with Crippen molar-refractivity contribution in [3.8, 4) is 5.75 Å². The van der Waals surface area contributed by atoms with Crippen LogP contribution in [0, 0.1) is 19.7 Å². The summed E-state index contributed by atoms with van der Waals surface area (Å²) in [6, 6.07) is 14.6. The molecule has 0 spiro atoms. The number of aryl methyl sites for hydroxylation is 2. The van der Waals surface area contributed by atoms with Crippen molar-refractivity contribution in [2.45, 2.75) is 45.9 Å². The van der Waals surface area contributed by atoms with Crippen LogP contribution in [-0.4, -0.2) is 21.8 Å². The summed E-state index contributed by atoms with van der Waals surface area (Å²) < 4.78 is 19.9. The molecule has 2 aromatic carbocycles. The number of nitrogens with zero attached hydrogens (tertiary/aromatic N) is 2. The van der Waals surface area contributed by atoms with Gasteiger partial charge in [0.2, 0.25) is 0 Å². The van der Waals surface area contributed by atoms with E-state index in [9.17, 15) is 9.18 Å². The van der Waals surface area contributed by atoms with Crippen LogP contribution in [0.1, 0.15) is 44.3 Å². The van der Waals surface area contributed by atoms with Crippen LogP contribution in [0.25, 0.3) is 0 Å². The van der Waals surface area contributed by atoms with E-state index in [1.165, 1.54) is 23.0 Å². The normalized spacial score (nSPS) is 13.3. The molecule has 1 aromatic heterocycles. The highest BCUT2D eigenvalue weighted by Crippen LogP contribution is 2.32. The van der Waals surface area contributed by atoms with Crippen LogP contribution in [0.2, 0.25) is 0 Å². The van der Waals surface area contributed by atoms with E-state index in [0.717, 1.165) is 23.6 Å². The minimum Gasteiger partial charge on any atom is -0.486 e. The summed E-state index contributed by atoms with van der Waals surface area (Å²) in [5, 5.41) is 0.757. The summed E-state index contributed by atoms with van der Waals surface area (Å²) in [6.45, 7) is 4.47. The zero-order valence-electron chi connectivity index (χ0n) is 16.5. The van der Waals surface area contributed by atoms with Gasteiger partial charge in [0.1, 0.15) is 28.1 Å². The van der Waals surface area contributed by atoms with Crippen LogP contribution in [0.4, 0.5) is 4.39 Å². The fraction of sp³-hybridized carbons (Fsp3) is 0.304. The van der Waals surface area contributed by atoms with E-state index in [2.05, 4.69) is 4.98 Å². The molecule has 4 nitrogen and oxygen atoms in total. The Morgan fingerprint density at radius 3 is 2.59 bits per heavy atom. The maximum Gasteiger partial charge on any atom is 0.266 e. The molecule has 1 heterocycles. The molecule has 1 saturated carbocycles. The van der Waals surface area contributed by atoms with Gasteiger partial charge in [-0.25, -0.2) is 9.37 Å². The first-order valence-electron chi connectivity index (χ1n) is 9.71. The summed E-state index contributed by atoms with van der Waals surface area (Å²) in [4.78, 5) is 20.1. The third kappa shape index (κ3) is 4.65. The highest BCUT2D eigenvalue weighted by molar-refractivity contribution is 7.13. The van der Waals surface area contributed by atoms with E-state index < -0.39 is 0 Å². The van der Waals surface area contributed by atoms with Crippen molar-refractivity contribution in [1.29, 1.82) is 0 Å². The first-order valence-corrected chi connectivity index (χ1v) is 10.5. The van der Waals surface area contributed by atoms with Crippen LogP contribution in [0.5, 0.6) is 5.75 Å². The molecule has 1 amide bonds. The fourth-order valence-corrected chi connectivity index (χ4v) is 4.12.